The van der Waals surface area contributed by atoms with Gasteiger partial charge in [-0.3, -0.25) is 10.8 Å². The molecule has 2 heterocycles. The first kappa shape index (κ1) is 11.4. The quantitative estimate of drug-likeness (QED) is 0.768. The van der Waals surface area contributed by atoms with Crippen molar-refractivity contribution in [2.45, 2.75) is 25.7 Å². The Morgan fingerprint density at radius 3 is 2.75 bits per heavy atom. The van der Waals surface area contributed by atoms with Crippen molar-refractivity contribution in [3.8, 4) is 5.75 Å². The Morgan fingerprint density at radius 2 is 2.12 bits per heavy atom. The molecule has 1 aliphatic rings. The van der Waals surface area contributed by atoms with Gasteiger partial charge >= 0.3 is 0 Å². The topological polar surface area (TPSA) is 51.4 Å². The Morgan fingerprint density at radius 1 is 1.44 bits per heavy atom. The zero-order chi connectivity index (χ0) is 11.5. The maximum Gasteiger partial charge on any atom is 0.125 e. The summed E-state index contributed by atoms with van der Waals surface area (Å²) in [6, 6.07) is 2.06. The number of pyridine rings is 1. The minimum Gasteiger partial charge on any atom is -0.496 e. The Balaban J connectivity index is 2.14. The van der Waals surface area contributed by atoms with Gasteiger partial charge in [-0.05, 0) is 19.8 Å². The average molecular weight is 221 g/mol. The van der Waals surface area contributed by atoms with Crippen LogP contribution in [0.25, 0.3) is 0 Å². The van der Waals surface area contributed by atoms with Crippen LogP contribution in [0.2, 0.25) is 0 Å². The third kappa shape index (κ3) is 2.33. The summed E-state index contributed by atoms with van der Waals surface area (Å²) in [6.45, 7) is 3.91. The monoisotopic (exact) mass is 221 g/mol. The van der Waals surface area contributed by atoms with Crippen molar-refractivity contribution >= 4 is 0 Å². The fourth-order valence-electron chi connectivity index (χ4n) is 2.16. The van der Waals surface area contributed by atoms with E-state index in [-0.39, 0.29) is 0 Å². The van der Waals surface area contributed by atoms with Gasteiger partial charge in [-0.25, -0.2) is 5.01 Å². The summed E-state index contributed by atoms with van der Waals surface area (Å²) in [5, 5.41) is 1.88. The van der Waals surface area contributed by atoms with Gasteiger partial charge in [0.25, 0.3) is 0 Å². The summed E-state index contributed by atoms with van der Waals surface area (Å²) in [7, 11) is 1.70. The molecule has 1 fully saturated rings. The summed E-state index contributed by atoms with van der Waals surface area (Å²) in [5.41, 5.74) is 2.22. The molecular weight excluding hydrogens is 202 g/mol. The van der Waals surface area contributed by atoms with Crippen LogP contribution in [-0.2, 0) is 0 Å². The standard InChI is InChI=1S/C12H19N3O/c1-9-8-14-11(7-12(9)16-2)10-3-5-15(13)6-4-10/h7-8,10H,3-6,13H2,1-2H3. The maximum atomic E-state index is 5.74. The van der Waals surface area contributed by atoms with Crippen molar-refractivity contribution in [3.63, 3.8) is 0 Å². The molecule has 0 spiro atoms. The molecule has 4 heteroatoms. The smallest absolute Gasteiger partial charge is 0.125 e. The van der Waals surface area contributed by atoms with E-state index in [2.05, 4.69) is 11.1 Å². The van der Waals surface area contributed by atoms with Crippen LogP contribution in [0, 0.1) is 6.92 Å². The molecule has 0 amide bonds. The minimum absolute atomic E-state index is 0.522. The van der Waals surface area contributed by atoms with Crippen LogP contribution < -0.4 is 10.6 Å². The number of nitrogens with zero attached hydrogens (tertiary/aromatic N) is 2. The fraction of sp³-hybridized carbons (Fsp3) is 0.583. The van der Waals surface area contributed by atoms with Crippen LogP contribution in [-0.4, -0.2) is 30.2 Å². The molecule has 0 aromatic carbocycles. The number of rotatable bonds is 2. The molecule has 4 nitrogen and oxygen atoms in total. The lowest BCUT2D eigenvalue weighted by atomic mass is 9.93. The van der Waals surface area contributed by atoms with E-state index >= 15 is 0 Å². The van der Waals surface area contributed by atoms with Crippen LogP contribution in [0.4, 0.5) is 0 Å². The molecule has 0 unspecified atom stereocenters. The van der Waals surface area contributed by atoms with E-state index in [9.17, 15) is 0 Å². The first-order valence-corrected chi connectivity index (χ1v) is 5.71. The third-order valence-electron chi connectivity index (χ3n) is 3.24. The lowest BCUT2D eigenvalue weighted by molar-refractivity contribution is 0.215. The zero-order valence-corrected chi connectivity index (χ0v) is 9.94. The van der Waals surface area contributed by atoms with Gasteiger partial charge in [0, 0.05) is 42.5 Å². The van der Waals surface area contributed by atoms with E-state index in [4.69, 9.17) is 10.6 Å². The highest BCUT2D eigenvalue weighted by atomic mass is 16.5. The molecule has 88 valence electrons. The van der Waals surface area contributed by atoms with Crippen molar-refractivity contribution in [2.75, 3.05) is 20.2 Å². The lowest BCUT2D eigenvalue weighted by Gasteiger charge is -2.28. The van der Waals surface area contributed by atoms with Gasteiger partial charge in [0.2, 0.25) is 0 Å². The van der Waals surface area contributed by atoms with E-state index in [0.29, 0.717) is 5.92 Å². The van der Waals surface area contributed by atoms with Gasteiger partial charge in [0.05, 0.1) is 7.11 Å². The van der Waals surface area contributed by atoms with Crippen molar-refractivity contribution in [3.05, 3.63) is 23.5 Å². The number of hydrogen-bond acceptors (Lipinski definition) is 4. The molecule has 0 aliphatic carbocycles. The number of hydrogen-bond donors (Lipinski definition) is 1. The molecule has 0 atom stereocenters. The van der Waals surface area contributed by atoms with Crippen molar-refractivity contribution in [1.29, 1.82) is 0 Å². The van der Waals surface area contributed by atoms with Crippen molar-refractivity contribution in [1.82, 2.24) is 9.99 Å². The summed E-state index contributed by atoms with van der Waals surface area (Å²) in [5.74, 6) is 7.20. The third-order valence-corrected chi connectivity index (χ3v) is 3.24. The molecule has 0 saturated carbocycles. The summed E-state index contributed by atoms with van der Waals surface area (Å²) >= 11 is 0. The maximum absolute atomic E-state index is 5.74. The number of methoxy groups -OCH3 is 1. The minimum atomic E-state index is 0.522. The molecular formula is C12H19N3O. The Hall–Kier alpha value is -1.13. The Kier molecular flexibility index (Phi) is 3.41. The number of hydrazine groups is 1. The zero-order valence-electron chi connectivity index (χ0n) is 9.94. The molecule has 2 N–H and O–H groups in total. The average Bonchev–Trinajstić information content (AvgIpc) is 2.31. The second-order valence-electron chi connectivity index (χ2n) is 4.39. The summed E-state index contributed by atoms with van der Waals surface area (Å²) in [6.07, 6.45) is 4.05. The van der Waals surface area contributed by atoms with E-state index in [1.165, 1.54) is 0 Å². The summed E-state index contributed by atoms with van der Waals surface area (Å²) < 4.78 is 5.32. The van der Waals surface area contributed by atoms with E-state index < -0.39 is 0 Å². The fourth-order valence-corrected chi connectivity index (χ4v) is 2.16. The first-order chi connectivity index (χ1) is 7.70. The second kappa shape index (κ2) is 4.80. The molecule has 1 aromatic heterocycles. The Bertz CT molecular complexity index is 359. The van der Waals surface area contributed by atoms with Crippen LogP contribution >= 0.6 is 0 Å². The molecule has 1 aliphatic heterocycles. The van der Waals surface area contributed by atoms with Gasteiger partial charge < -0.3 is 4.74 Å². The number of aryl methyl sites for hydroxylation is 1. The number of nitrogens with two attached hydrogens (primary N) is 1. The molecule has 16 heavy (non-hydrogen) atoms. The van der Waals surface area contributed by atoms with Crippen molar-refractivity contribution < 1.29 is 4.74 Å². The highest BCUT2D eigenvalue weighted by molar-refractivity contribution is 5.33. The lowest BCUT2D eigenvalue weighted by Crippen LogP contribution is -2.38. The van der Waals surface area contributed by atoms with Gasteiger partial charge in [-0.2, -0.15) is 0 Å². The predicted octanol–water partition coefficient (Wildman–Crippen LogP) is 1.45. The van der Waals surface area contributed by atoms with Crippen LogP contribution in [0.1, 0.15) is 30.0 Å². The van der Waals surface area contributed by atoms with Gasteiger partial charge in [0.15, 0.2) is 0 Å². The molecule has 1 saturated heterocycles. The summed E-state index contributed by atoms with van der Waals surface area (Å²) in [4.78, 5) is 4.50. The normalized spacial score (nSPS) is 18.7. The van der Waals surface area contributed by atoms with E-state index in [1.807, 2.05) is 18.1 Å². The highest BCUT2D eigenvalue weighted by Crippen LogP contribution is 2.28. The molecule has 1 aromatic rings. The molecule has 2 rings (SSSR count). The molecule has 0 bridgehead atoms. The predicted molar refractivity (Wildman–Crippen MR) is 63.3 cm³/mol. The van der Waals surface area contributed by atoms with Crippen LogP contribution in [0.15, 0.2) is 12.3 Å². The number of aromatic nitrogens is 1. The second-order valence-corrected chi connectivity index (χ2v) is 4.39. The Labute approximate surface area is 96.4 Å². The largest absolute Gasteiger partial charge is 0.496 e. The number of piperidine rings is 1. The molecule has 0 radical (unpaired) electrons. The van der Waals surface area contributed by atoms with Crippen LogP contribution in [0.3, 0.4) is 0 Å². The van der Waals surface area contributed by atoms with E-state index in [1.54, 1.807) is 7.11 Å². The van der Waals surface area contributed by atoms with Crippen LogP contribution in [0.5, 0.6) is 5.75 Å². The van der Waals surface area contributed by atoms with Gasteiger partial charge in [-0.15, -0.1) is 0 Å². The SMILES string of the molecule is COc1cc(C2CCN(N)CC2)ncc1C. The first-order valence-electron chi connectivity index (χ1n) is 5.71. The van der Waals surface area contributed by atoms with Gasteiger partial charge in [-0.1, -0.05) is 0 Å². The van der Waals surface area contributed by atoms with Crippen molar-refractivity contribution in [2.24, 2.45) is 5.84 Å². The highest BCUT2D eigenvalue weighted by Gasteiger charge is 2.20. The number of ether oxygens (including phenoxy) is 1. The van der Waals surface area contributed by atoms with E-state index in [0.717, 1.165) is 42.9 Å². The van der Waals surface area contributed by atoms with Gasteiger partial charge in [0.1, 0.15) is 5.75 Å².